The van der Waals surface area contributed by atoms with Crippen molar-refractivity contribution in [3.05, 3.63) is 0 Å². The molecule has 4 heteroatoms. The van der Waals surface area contributed by atoms with Crippen LogP contribution in [-0.4, -0.2) is 45.8 Å². The molecule has 0 bridgehead atoms. The summed E-state index contributed by atoms with van der Waals surface area (Å²) >= 11 is 0. The Bertz CT molecular complexity index is 258. The second-order valence-electron chi connectivity index (χ2n) is 8.86. The van der Waals surface area contributed by atoms with Gasteiger partial charge in [-0.05, 0) is 38.5 Å². The number of aliphatic hydroxyl groups excluding tert-OH is 4. The summed E-state index contributed by atoms with van der Waals surface area (Å²) in [5.41, 5.74) is 0. The lowest BCUT2D eigenvalue weighted by Gasteiger charge is -2.09. The molecule has 0 aromatic carbocycles. The van der Waals surface area contributed by atoms with Crippen LogP contribution in [0.4, 0.5) is 0 Å². The van der Waals surface area contributed by atoms with Crippen LogP contribution in [-0.2, 0) is 0 Å². The molecule has 0 rings (SSSR count). The van der Waals surface area contributed by atoms with E-state index < -0.39 is 0 Å². The number of hydrogen-bond acceptors (Lipinski definition) is 4. The summed E-state index contributed by atoms with van der Waals surface area (Å²) in [4.78, 5) is 0. The van der Waals surface area contributed by atoms with Gasteiger partial charge in [0, 0.05) is 13.2 Å². The summed E-state index contributed by atoms with van der Waals surface area (Å²) in [5.74, 6) is 0. The molecular formula is C26H56O4. The van der Waals surface area contributed by atoms with Gasteiger partial charge in [0.15, 0.2) is 0 Å². The molecule has 0 fully saturated rings. The van der Waals surface area contributed by atoms with Gasteiger partial charge in [-0.3, -0.25) is 0 Å². The molecule has 2 unspecified atom stereocenters. The Morgan fingerprint density at radius 3 is 0.933 bits per heavy atom. The summed E-state index contributed by atoms with van der Waals surface area (Å²) in [6.45, 7) is 5.02. The van der Waals surface area contributed by atoms with E-state index in [-0.39, 0.29) is 12.2 Å². The number of rotatable bonds is 22. The molecular weight excluding hydrogens is 376 g/mol. The minimum atomic E-state index is -0.0871. The highest BCUT2D eigenvalue weighted by molar-refractivity contribution is 4.58. The van der Waals surface area contributed by atoms with Gasteiger partial charge in [0.25, 0.3) is 0 Å². The van der Waals surface area contributed by atoms with Crippen LogP contribution in [0.2, 0.25) is 0 Å². The molecule has 4 nitrogen and oxygen atoms in total. The van der Waals surface area contributed by atoms with E-state index in [1.165, 1.54) is 51.4 Å². The smallest absolute Gasteiger partial charge is 0.0540 e. The Balaban J connectivity index is 0. The summed E-state index contributed by atoms with van der Waals surface area (Å²) < 4.78 is 0. The quantitative estimate of drug-likeness (QED) is 0.147. The molecule has 0 aromatic heterocycles. The monoisotopic (exact) mass is 432 g/mol. The van der Waals surface area contributed by atoms with Gasteiger partial charge in [-0.2, -0.15) is 0 Å². The standard InChI is InChI=1S/2C13H28O2/c2*1-2-3-4-7-10-13(15)11-8-5-6-9-12-14/h2*13-15H,2-12H2,1H3. The predicted octanol–water partition coefficient (Wildman–Crippen LogP) is 6.52. The molecule has 0 aliphatic carbocycles. The van der Waals surface area contributed by atoms with Crippen molar-refractivity contribution in [2.45, 2.75) is 154 Å². The van der Waals surface area contributed by atoms with E-state index >= 15 is 0 Å². The molecule has 0 aliphatic heterocycles. The van der Waals surface area contributed by atoms with Crippen LogP contribution < -0.4 is 0 Å². The highest BCUT2D eigenvalue weighted by Gasteiger charge is 2.04. The fraction of sp³-hybridized carbons (Fsp3) is 1.00. The fourth-order valence-electron chi connectivity index (χ4n) is 3.59. The molecule has 0 saturated heterocycles. The number of unbranched alkanes of at least 4 members (excludes halogenated alkanes) is 12. The predicted molar refractivity (Wildman–Crippen MR) is 130 cm³/mol. The molecule has 30 heavy (non-hydrogen) atoms. The zero-order chi connectivity index (χ0) is 22.7. The first kappa shape index (κ1) is 32.0. The first-order valence-corrected chi connectivity index (χ1v) is 13.2. The molecule has 0 spiro atoms. The van der Waals surface area contributed by atoms with Gasteiger partial charge < -0.3 is 20.4 Å². The average Bonchev–Trinajstić information content (AvgIpc) is 2.74. The minimum Gasteiger partial charge on any atom is -0.396 e. The van der Waals surface area contributed by atoms with E-state index in [2.05, 4.69) is 13.8 Å². The summed E-state index contributed by atoms with van der Waals surface area (Å²) in [6, 6.07) is 0. The Labute approximate surface area is 188 Å². The van der Waals surface area contributed by atoms with Crippen molar-refractivity contribution in [3.8, 4) is 0 Å². The van der Waals surface area contributed by atoms with E-state index in [0.717, 1.165) is 77.0 Å². The molecule has 2 atom stereocenters. The van der Waals surface area contributed by atoms with Gasteiger partial charge in [0.1, 0.15) is 0 Å². The lowest BCUT2D eigenvalue weighted by molar-refractivity contribution is 0.146. The largest absolute Gasteiger partial charge is 0.396 e. The maximum absolute atomic E-state index is 9.66. The highest BCUT2D eigenvalue weighted by atomic mass is 16.3. The third-order valence-electron chi connectivity index (χ3n) is 5.67. The molecule has 184 valence electrons. The molecule has 4 N–H and O–H groups in total. The van der Waals surface area contributed by atoms with Crippen LogP contribution in [0.15, 0.2) is 0 Å². The Kier molecular flexibility index (Phi) is 30.8. The van der Waals surface area contributed by atoms with Gasteiger partial charge in [-0.25, -0.2) is 0 Å². The topological polar surface area (TPSA) is 80.9 Å². The van der Waals surface area contributed by atoms with Crippen LogP contribution in [0.25, 0.3) is 0 Å². The fourth-order valence-corrected chi connectivity index (χ4v) is 3.59. The van der Waals surface area contributed by atoms with E-state index in [1.54, 1.807) is 0 Å². The van der Waals surface area contributed by atoms with Crippen LogP contribution in [0.3, 0.4) is 0 Å². The number of aliphatic hydroxyl groups is 4. The molecule has 0 saturated carbocycles. The Morgan fingerprint density at radius 2 is 0.667 bits per heavy atom. The Morgan fingerprint density at radius 1 is 0.400 bits per heavy atom. The van der Waals surface area contributed by atoms with E-state index in [0.29, 0.717) is 13.2 Å². The van der Waals surface area contributed by atoms with E-state index in [1.807, 2.05) is 0 Å². The lowest BCUT2D eigenvalue weighted by Crippen LogP contribution is -2.05. The van der Waals surface area contributed by atoms with Crippen molar-refractivity contribution in [1.29, 1.82) is 0 Å². The van der Waals surface area contributed by atoms with Crippen LogP contribution in [0, 0.1) is 0 Å². The molecule has 0 heterocycles. The van der Waals surface area contributed by atoms with Crippen molar-refractivity contribution in [2.24, 2.45) is 0 Å². The average molecular weight is 433 g/mol. The van der Waals surface area contributed by atoms with Gasteiger partial charge in [0.05, 0.1) is 12.2 Å². The minimum absolute atomic E-state index is 0.0871. The first-order valence-electron chi connectivity index (χ1n) is 13.2. The van der Waals surface area contributed by atoms with Crippen molar-refractivity contribution >= 4 is 0 Å². The third kappa shape index (κ3) is 30.0. The molecule has 0 amide bonds. The van der Waals surface area contributed by atoms with Crippen molar-refractivity contribution < 1.29 is 20.4 Å². The summed E-state index contributed by atoms with van der Waals surface area (Å²) in [5, 5.41) is 36.5. The normalized spacial score (nSPS) is 13.0. The van der Waals surface area contributed by atoms with Crippen LogP contribution in [0.5, 0.6) is 0 Å². The maximum atomic E-state index is 9.66. The van der Waals surface area contributed by atoms with Gasteiger partial charge in [-0.1, -0.05) is 104 Å². The number of hydrogen-bond donors (Lipinski definition) is 4. The maximum Gasteiger partial charge on any atom is 0.0540 e. The highest BCUT2D eigenvalue weighted by Crippen LogP contribution is 2.13. The summed E-state index contributed by atoms with van der Waals surface area (Å²) in [6.07, 6.45) is 22.1. The molecule has 0 radical (unpaired) electrons. The van der Waals surface area contributed by atoms with Gasteiger partial charge >= 0.3 is 0 Å². The SMILES string of the molecule is CCCCCCC(O)CCCCCCO.CCCCCCC(O)CCCCCCO. The molecule has 0 aliphatic rings. The van der Waals surface area contributed by atoms with Crippen LogP contribution >= 0.6 is 0 Å². The second kappa shape index (κ2) is 28.8. The van der Waals surface area contributed by atoms with E-state index in [9.17, 15) is 10.2 Å². The first-order chi connectivity index (χ1) is 14.6. The molecule has 0 aromatic rings. The van der Waals surface area contributed by atoms with Crippen molar-refractivity contribution in [1.82, 2.24) is 0 Å². The van der Waals surface area contributed by atoms with Crippen molar-refractivity contribution in [3.63, 3.8) is 0 Å². The zero-order valence-electron chi connectivity index (χ0n) is 20.5. The van der Waals surface area contributed by atoms with Crippen molar-refractivity contribution in [2.75, 3.05) is 13.2 Å². The Hall–Kier alpha value is -0.160. The van der Waals surface area contributed by atoms with E-state index in [4.69, 9.17) is 10.2 Å². The van der Waals surface area contributed by atoms with Gasteiger partial charge in [-0.15, -0.1) is 0 Å². The van der Waals surface area contributed by atoms with Gasteiger partial charge in [0.2, 0.25) is 0 Å². The zero-order valence-corrected chi connectivity index (χ0v) is 20.5. The lowest BCUT2D eigenvalue weighted by atomic mass is 10.0. The second-order valence-corrected chi connectivity index (χ2v) is 8.86. The summed E-state index contributed by atoms with van der Waals surface area (Å²) in [7, 11) is 0. The third-order valence-corrected chi connectivity index (χ3v) is 5.67. The van der Waals surface area contributed by atoms with Crippen LogP contribution in [0.1, 0.15) is 142 Å².